The van der Waals surface area contributed by atoms with Crippen molar-refractivity contribution < 1.29 is 18.0 Å². The van der Waals surface area contributed by atoms with E-state index in [1.807, 2.05) is 15.6 Å². The van der Waals surface area contributed by atoms with Gasteiger partial charge in [0, 0.05) is 37.3 Å². The van der Waals surface area contributed by atoms with Crippen LogP contribution in [0.2, 0.25) is 0 Å². The van der Waals surface area contributed by atoms with Crippen LogP contribution in [-0.4, -0.2) is 35.0 Å². The summed E-state index contributed by atoms with van der Waals surface area (Å²) >= 11 is 0. The number of halogens is 3. The molecule has 8 heteroatoms. The maximum absolute atomic E-state index is 13.4. The van der Waals surface area contributed by atoms with Crippen molar-refractivity contribution in [2.45, 2.75) is 31.0 Å². The molecule has 0 saturated heterocycles. The Bertz CT molecular complexity index is 884. The van der Waals surface area contributed by atoms with Gasteiger partial charge in [-0.25, -0.2) is 4.68 Å². The number of alkyl halides is 3. The minimum absolute atomic E-state index is 0.112. The molecule has 1 aromatic heterocycles. The van der Waals surface area contributed by atoms with Gasteiger partial charge < -0.3 is 10.2 Å². The Kier molecular flexibility index (Phi) is 4.44. The molecule has 0 unspecified atom stereocenters. The number of anilines is 2. The van der Waals surface area contributed by atoms with Gasteiger partial charge in [0.2, 0.25) is 5.91 Å². The molecule has 5 nitrogen and oxygen atoms in total. The normalized spacial score (nSPS) is 20.4. The Morgan fingerprint density at radius 2 is 1.96 bits per heavy atom. The highest BCUT2D eigenvalue weighted by Gasteiger charge is 2.64. The summed E-state index contributed by atoms with van der Waals surface area (Å²) in [5.74, 6) is 0.765. The standard InChI is InChI=1S/C20H21F3N4O/c1-2-17(28)24-11-14-12-26(18-7-10-25-27(18)13-14)16-5-3-15(4-6-16)19(8-9-19)20(21,22)23/h2-7,10,14H,1,8-9,11-13H2,(H,24,28)/t14-/m1/s1. The zero-order valence-corrected chi connectivity index (χ0v) is 15.2. The van der Waals surface area contributed by atoms with E-state index in [9.17, 15) is 18.0 Å². The van der Waals surface area contributed by atoms with Gasteiger partial charge in [0.1, 0.15) is 5.82 Å². The first-order valence-corrected chi connectivity index (χ1v) is 9.21. The lowest BCUT2D eigenvalue weighted by Crippen LogP contribution is -2.41. The van der Waals surface area contributed by atoms with Gasteiger partial charge in [0.15, 0.2) is 0 Å². The van der Waals surface area contributed by atoms with Crippen molar-refractivity contribution in [3.63, 3.8) is 0 Å². The number of rotatable bonds is 5. The first-order chi connectivity index (χ1) is 13.3. The molecule has 28 heavy (non-hydrogen) atoms. The summed E-state index contributed by atoms with van der Waals surface area (Å²) in [7, 11) is 0. The van der Waals surface area contributed by atoms with Crippen LogP contribution in [0.15, 0.2) is 49.2 Å². The summed E-state index contributed by atoms with van der Waals surface area (Å²) in [5, 5.41) is 7.12. The maximum Gasteiger partial charge on any atom is 0.398 e. The molecule has 1 saturated carbocycles. The summed E-state index contributed by atoms with van der Waals surface area (Å²) in [6, 6.07) is 8.52. The third-order valence-electron chi connectivity index (χ3n) is 5.62. The summed E-state index contributed by atoms with van der Waals surface area (Å²) in [4.78, 5) is 13.5. The molecule has 4 rings (SSSR count). The summed E-state index contributed by atoms with van der Waals surface area (Å²) in [5.41, 5.74) is -0.542. The lowest BCUT2D eigenvalue weighted by molar-refractivity contribution is -0.160. The lowest BCUT2D eigenvalue weighted by Gasteiger charge is -2.35. The highest BCUT2D eigenvalue weighted by molar-refractivity contribution is 5.86. The van der Waals surface area contributed by atoms with E-state index in [0.29, 0.717) is 25.2 Å². The Balaban J connectivity index is 1.56. The number of benzene rings is 1. The fraction of sp³-hybridized carbons (Fsp3) is 0.400. The molecule has 0 radical (unpaired) electrons. The zero-order chi connectivity index (χ0) is 19.9. The number of nitrogens with one attached hydrogen (secondary N) is 1. The van der Waals surface area contributed by atoms with Crippen LogP contribution in [0.1, 0.15) is 18.4 Å². The molecule has 0 bridgehead atoms. The molecule has 1 atom stereocenters. The van der Waals surface area contributed by atoms with E-state index in [1.165, 1.54) is 6.08 Å². The molecule has 2 aromatic rings. The molecular weight excluding hydrogens is 369 g/mol. The fourth-order valence-electron chi connectivity index (χ4n) is 3.85. The van der Waals surface area contributed by atoms with E-state index in [4.69, 9.17) is 0 Å². The molecular formula is C20H21F3N4O. The van der Waals surface area contributed by atoms with E-state index in [2.05, 4.69) is 17.0 Å². The van der Waals surface area contributed by atoms with E-state index in [-0.39, 0.29) is 24.7 Å². The van der Waals surface area contributed by atoms with Crippen LogP contribution >= 0.6 is 0 Å². The van der Waals surface area contributed by atoms with Crippen LogP contribution in [0.5, 0.6) is 0 Å². The zero-order valence-electron chi connectivity index (χ0n) is 15.2. The molecule has 1 amide bonds. The number of nitrogens with zero attached hydrogens (tertiary/aromatic N) is 3. The minimum Gasteiger partial charge on any atom is -0.352 e. The average molecular weight is 390 g/mol. The second kappa shape index (κ2) is 6.68. The second-order valence-electron chi connectivity index (χ2n) is 7.42. The monoisotopic (exact) mass is 390 g/mol. The molecule has 2 aliphatic rings. The number of amides is 1. The predicted molar refractivity (Wildman–Crippen MR) is 99.3 cm³/mol. The van der Waals surface area contributed by atoms with Gasteiger partial charge in [-0.1, -0.05) is 18.7 Å². The number of hydrogen-bond acceptors (Lipinski definition) is 3. The van der Waals surface area contributed by atoms with Crippen LogP contribution < -0.4 is 10.2 Å². The lowest BCUT2D eigenvalue weighted by atomic mass is 9.95. The van der Waals surface area contributed by atoms with Crippen LogP contribution in [-0.2, 0) is 16.8 Å². The second-order valence-corrected chi connectivity index (χ2v) is 7.42. The third-order valence-corrected chi connectivity index (χ3v) is 5.62. The first-order valence-electron chi connectivity index (χ1n) is 9.21. The van der Waals surface area contributed by atoms with Gasteiger partial charge in [0.05, 0.1) is 11.6 Å². The summed E-state index contributed by atoms with van der Waals surface area (Å²) in [6.07, 6.45) is -0.987. The number of aromatic nitrogens is 2. The van der Waals surface area contributed by atoms with E-state index in [0.717, 1.165) is 11.5 Å². The quantitative estimate of drug-likeness (QED) is 0.795. The molecule has 1 aliphatic carbocycles. The first kappa shape index (κ1) is 18.6. The Hall–Kier alpha value is -2.77. The van der Waals surface area contributed by atoms with Crippen LogP contribution in [0, 0.1) is 5.92 Å². The topological polar surface area (TPSA) is 50.2 Å². The Labute approximate surface area is 160 Å². The van der Waals surface area contributed by atoms with Gasteiger partial charge in [-0.15, -0.1) is 0 Å². The van der Waals surface area contributed by atoms with E-state index >= 15 is 0 Å². The summed E-state index contributed by atoms with van der Waals surface area (Å²) < 4.78 is 41.9. The molecule has 1 aliphatic heterocycles. The number of carbonyl (C=O) groups excluding carboxylic acids is 1. The van der Waals surface area contributed by atoms with Crippen molar-refractivity contribution in [3.05, 3.63) is 54.7 Å². The molecule has 0 spiro atoms. The highest BCUT2D eigenvalue weighted by atomic mass is 19.4. The van der Waals surface area contributed by atoms with Gasteiger partial charge in [-0.3, -0.25) is 4.79 Å². The summed E-state index contributed by atoms with van der Waals surface area (Å²) in [6.45, 7) is 5.20. The molecule has 1 aromatic carbocycles. The number of carbonyl (C=O) groups is 1. The van der Waals surface area contributed by atoms with Gasteiger partial charge in [-0.05, 0) is 36.6 Å². The SMILES string of the molecule is C=CC(=O)NC[C@@H]1CN(c2ccc(C3(C(F)(F)F)CC3)cc2)c2ccnn2C1. The molecule has 148 valence electrons. The molecule has 1 fully saturated rings. The van der Waals surface area contributed by atoms with Crippen molar-refractivity contribution in [1.29, 1.82) is 0 Å². The van der Waals surface area contributed by atoms with Gasteiger partial charge >= 0.3 is 6.18 Å². The highest BCUT2D eigenvalue weighted by Crippen LogP contribution is 2.59. The Morgan fingerprint density at radius 1 is 1.25 bits per heavy atom. The molecule has 2 heterocycles. The number of fused-ring (bicyclic) bond motifs is 1. The van der Waals surface area contributed by atoms with Gasteiger partial charge in [0.25, 0.3) is 0 Å². The average Bonchev–Trinajstić information content (AvgIpc) is 3.38. The predicted octanol–water partition coefficient (Wildman–Crippen LogP) is 3.55. The Morgan fingerprint density at radius 3 is 2.57 bits per heavy atom. The third kappa shape index (κ3) is 3.16. The number of hydrogen-bond donors (Lipinski definition) is 1. The maximum atomic E-state index is 13.4. The van der Waals surface area contributed by atoms with Crippen molar-refractivity contribution in [3.8, 4) is 0 Å². The van der Waals surface area contributed by atoms with Gasteiger partial charge in [-0.2, -0.15) is 18.3 Å². The van der Waals surface area contributed by atoms with Crippen molar-refractivity contribution in [1.82, 2.24) is 15.1 Å². The van der Waals surface area contributed by atoms with E-state index in [1.54, 1.807) is 30.5 Å². The minimum atomic E-state index is -4.22. The van der Waals surface area contributed by atoms with Crippen LogP contribution in [0.25, 0.3) is 0 Å². The van der Waals surface area contributed by atoms with Crippen molar-refractivity contribution in [2.24, 2.45) is 5.92 Å². The van der Waals surface area contributed by atoms with Crippen molar-refractivity contribution in [2.75, 3.05) is 18.0 Å². The van der Waals surface area contributed by atoms with Crippen LogP contribution in [0.4, 0.5) is 24.7 Å². The fourth-order valence-corrected chi connectivity index (χ4v) is 3.85. The molecule has 1 N–H and O–H groups in total. The smallest absolute Gasteiger partial charge is 0.352 e. The van der Waals surface area contributed by atoms with Crippen molar-refractivity contribution >= 4 is 17.4 Å². The van der Waals surface area contributed by atoms with E-state index < -0.39 is 11.6 Å². The largest absolute Gasteiger partial charge is 0.398 e. The van der Waals surface area contributed by atoms with Crippen LogP contribution in [0.3, 0.4) is 0 Å².